The second kappa shape index (κ2) is 6.56. The molecule has 5 nitrogen and oxygen atoms in total. The van der Waals surface area contributed by atoms with Gasteiger partial charge in [0.05, 0.1) is 16.8 Å². The van der Waals surface area contributed by atoms with Gasteiger partial charge in [0.15, 0.2) is 9.84 Å². The first-order chi connectivity index (χ1) is 8.81. The average Bonchev–Trinajstić information content (AvgIpc) is 2.30. The minimum Gasteiger partial charge on any atom is -0.493 e. The van der Waals surface area contributed by atoms with E-state index in [1.54, 1.807) is 26.0 Å². The Kier molecular flexibility index (Phi) is 5.35. The lowest BCUT2D eigenvalue weighted by Gasteiger charge is -2.09. The van der Waals surface area contributed by atoms with Crippen LogP contribution >= 0.6 is 0 Å². The van der Waals surface area contributed by atoms with E-state index in [9.17, 15) is 8.42 Å². The van der Waals surface area contributed by atoms with Crippen molar-refractivity contribution in [2.75, 3.05) is 12.4 Å². The number of nitrogens with one attached hydrogen (secondary N) is 1. The Bertz CT molecular complexity index is 521. The van der Waals surface area contributed by atoms with Gasteiger partial charge in [0.25, 0.3) is 0 Å². The van der Waals surface area contributed by atoms with E-state index in [1.165, 1.54) is 0 Å². The fourth-order valence-corrected chi connectivity index (χ4v) is 2.22. The Balaban J connectivity index is 2.49. The molecule has 0 saturated heterocycles. The number of hydrogen-bond acceptors (Lipinski definition) is 4. The molecule has 0 fully saturated rings. The standard InChI is InChI=1S/C13H20N2O3S/c1-10(2)19(16,17)8-7-18-12-5-3-11(4-6-12)9-13(14)15/h3-6,10H,7-9H2,1-2H3,(H3,14,15). The summed E-state index contributed by atoms with van der Waals surface area (Å²) in [6, 6.07) is 7.13. The molecular weight excluding hydrogens is 264 g/mol. The third-order valence-corrected chi connectivity index (χ3v) is 4.84. The fourth-order valence-electron chi connectivity index (χ4n) is 1.43. The van der Waals surface area contributed by atoms with Crippen molar-refractivity contribution in [2.24, 2.45) is 5.73 Å². The molecule has 0 bridgehead atoms. The average molecular weight is 284 g/mol. The summed E-state index contributed by atoms with van der Waals surface area (Å²) in [5.41, 5.74) is 6.23. The van der Waals surface area contributed by atoms with Gasteiger partial charge in [0.1, 0.15) is 12.4 Å². The number of sulfone groups is 1. The van der Waals surface area contributed by atoms with Gasteiger partial charge in [-0.15, -0.1) is 0 Å². The third kappa shape index (κ3) is 5.30. The highest BCUT2D eigenvalue weighted by Gasteiger charge is 2.15. The van der Waals surface area contributed by atoms with E-state index in [0.717, 1.165) is 5.56 Å². The second-order valence-corrected chi connectivity index (χ2v) is 7.29. The van der Waals surface area contributed by atoms with Crippen LogP contribution in [0.5, 0.6) is 5.75 Å². The lowest BCUT2D eigenvalue weighted by Crippen LogP contribution is -2.22. The van der Waals surface area contributed by atoms with Crippen molar-refractivity contribution < 1.29 is 13.2 Å². The Morgan fingerprint density at radius 3 is 2.37 bits per heavy atom. The van der Waals surface area contributed by atoms with Crippen LogP contribution in [0.3, 0.4) is 0 Å². The largest absolute Gasteiger partial charge is 0.493 e. The molecule has 19 heavy (non-hydrogen) atoms. The maximum absolute atomic E-state index is 11.6. The molecule has 0 amide bonds. The highest BCUT2D eigenvalue weighted by molar-refractivity contribution is 7.91. The van der Waals surface area contributed by atoms with E-state index in [4.69, 9.17) is 15.9 Å². The van der Waals surface area contributed by atoms with Crippen LogP contribution < -0.4 is 10.5 Å². The molecule has 0 radical (unpaired) electrons. The number of amidine groups is 1. The summed E-state index contributed by atoms with van der Waals surface area (Å²) in [6.07, 6.45) is 0.405. The Labute approximate surface area is 114 Å². The van der Waals surface area contributed by atoms with Crippen LogP contribution in [0, 0.1) is 5.41 Å². The van der Waals surface area contributed by atoms with Crippen LogP contribution in [0.2, 0.25) is 0 Å². The second-order valence-electron chi connectivity index (χ2n) is 4.61. The molecule has 1 aromatic rings. The molecule has 1 rings (SSSR count). The number of rotatable bonds is 7. The molecule has 0 atom stereocenters. The van der Waals surface area contributed by atoms with Crippen LogP contribution in [-0.2, 0) is 16.3 Å². The molecule has 0 aliphatic carbocycles. The van der Waals surface area contributed by atoms with E-state index >= 15 is 0 Å². The minimum absolute atomic E-state index is 0.0138. The Hall–Kier alpha value is -1.56. The fraction of sp³-hybridized carbons (Fsp3) is 0.462. The number of benzene rings is 1. The summed E-state index contributed by atoms with van der Waals surface area (Å²) in [5.74, 6) is 0.739. The van der Waals surface area contributed by atoms with Crippen LogP contribution in [0.25, 0.3) is 0 Å². The maximum Gasteiger partial charge on any atom is 0.155 e. The zero-order chi connectivity index (χ0) is 14.5. The predicted octanol–water partition coefficient (Wildman–Crippen LogP) is 1.37. The molecule has 1 aromatic carbocycles. The molecule has 0 aliphatic heterocycles. The molecule has 3 N–H and O–H groups in total. The topological polar surface area (TPSA) is 93.2 Å². The zero-order valence-corrected chi connectivity index (χ0v) is 12.0. The molecule has 0 heterocycles. The van der Waals surface area contributed by atoms with Crippen molar-refractivity contribution >= 4 is 15.7 Å². The highest BCUT2D eigenvalue weighted by Crippen LogP contribution is 2.13. The summed E-state index contributed by atoms with van der Waals surface area (Å²) in [7, 11) is -3.06. The van der Waals surface area contributed by atoms with Crippen molar-refractivity contribution in [1.29, 1.82) is 5.41 Å². The summed E-state index contributed by atoms with van der Waals surface area (Å²) in [6.45, 7) is 3.46. The van der Waals surface area contributed by atoms with Gasteiger partial charge in [-0.2, -0.15) is 0 Å². The van der Waals surface area contributed by atoms with Crippen LogP contribution in [-0.4, -0.2) is 31.9 Å². The zero-order valence-electron chi connectivity index (χ0n) is 11.2. The molecular formula is C13H20N2O3S. The lowest BCUT2D eigenvalue weighted by atomic mass is 10.1. The molecule has 0 unspecified atom stereocenters. The lowest BCUT2D eigenvalue weighted by molar-refractivity contribution is 0.340. The third-order valence-electron chi connectivity index (χ3n) is 2.67. The van der Waals surface area contributed by atoms with Crippen molar-refractivity contribution in [3.05, 3.63) is 29.8 Å². The van der Waals surface area contributed by atoms with E-state index < -0.39 is 9.84 Å². The molecule has 0 saturated carbocycles. The monoisotopic (exact) mass is 284 g/mol. The van der Waals surface area contributed by atoms with Gasteiger partial charge in [0, 0.05) is 6.42 Å². The van der Waals surface area contributed by atoms with Crippen LogP contribution in [0.15, 0.2) is 24.3 Å². The van der Waals surface area contributed by atoms with Gasteiger partial charge >= 0.3 is 0 Å². The minimum atomic E-state index is -3.06. The van der Waals surface area contributed by atoms with Crippen molar-refractivity contribution in [3.8, 4) is 5.75 Å². The van der Waals surface area contributed by atoms with Gasteiger partial charge in [0.2, 0.25) is 0 Å². The Morgan fingerprint density at radius 1 is 1.32 bits per heavy atom. The first-order valence-corrected chi connectivity index (χ1v) is 7.79. The number of ether oxygens (including phenoxy) is 1. The molecule has 0 aromatic heterocycles. The van der Waals surface area contributed by atoms with E-state index in [0.29, 0.717) is 12.2 Å². The van der Waals surface area contributed by atoms with Crippen LogP contribution in [0.4, 0.5) is 0 Å². The van der Waals surface area contributed by atoms with Crippen molar-refractivity contribution in [2.45, 2.75) is 25.5 Å². The predicted molar refractivity (Wildman–Crippen MR) is 76.5 cm³/mol. The van der Waals surface area contributed by atoms with Gasteiger partial charge in [-0.05, 0) is 31.5 Å². The highest BCUT2D eigenvalue weighted by atomic mass is 32.2. The number of hydrogen-bond donors (Lipinski definition) is 2. The normalized spacial score (nSPS) is 11.5. The van der Waals surface area contributed by atoms with E-state index in [2.05, 4.69) is 0 Å². The van der Waals surface area contributed by atoms with Gasteiger partial charge in [-0.1, -0.05) is 12.1 Å². The summed E-state index contributed by atoms with van der Waals surface area (Å²) in [5, 5.41) is 6.80. The van der Waals surface area contributed by atoms with Gasteiger partial charge in [-0.3, -0.25) is 5.41 Å². The number of nitrogens with two attached hydrogens (primary N) is 1. The molecule has 0 spiro atoms. The van der Waals surface area contributed by atoms with Crippen LogP contribution in [0.1, 0.15) is 19.4 Å². The summed E-state index contributed by atoms with van der Waals surface area (Å²) in [4.78, 5) is 0. The van der Waals surface area contributed by atoms with Gasteiger partial charge < -0.3 is 10.5 Å². The SMILES string of the molecule is CC(C)S(=O)(=O)CCOc1ccc(CC(=N)N)cc1. The maximum atomic E-state index is 11.6. The quantitative estimate of drug-likeness (QED) is 0.584. The van der Waals surface area contributed by atoms with Crippen molar-refractivity contribution in [3.63, 3.8) is 0 Å². The van der Waals surface area contributed by atoms with E-state index in [1.807, 2.05) is 12.1 Å². The van der Waals surface area contributed by atoms with E-state index in [-0.39, 0.29) is 23.4 Å². The molecule has 6 heteroatoms. The first-order valence-electron chi connectivity index (χ1n) is 6.07. The van der Waals surface area contributed by atoms with Gasteiger partial charge in [-0.25, -0.2) is 8.42 Å². The summed E-state index contributed by atoms with van der Waals surface area (Å²) >= 11 is 0. The molecule has 0 aliphatic rings. The summed E-state index contributed by atoms with van der Waals surface area (Å²) < 4.78 is 28.5. The smallest absolute Gasteiger partial charge is 0.155 e. The molecule has 106 valence electrons. The van der Waals surface area contributed by atoms with Crippen molar-refractivity contribution in [1.82, 2.24) is 0 Å². The first kappa shape index (κ1) is 15.5. The Morgan fingerprint density at radius 2 is 1.89 bits per heavy atom.